The van der Waals surface area contributed by atoms with Gasteiger partial charge in [-0.2, -0.15) is 5.06 Å². The molecule has 212 valence electrons. The smallest absolute Gasteiger partial charge is 0.306 e. The van der Waals surface area contributed by atoms with Gasteiger partial charge in [-0.05, 0) is 23.6 Å². The first kappa shape index (κ1) is 29.6. The number of hydroxylamine groups is 2. The maximum absolute atomic E-state index is 12.4. The molecule has 5 atom stereocenters. The van der Waals surface area contributed by atoms with Crippen LogP contribution in [0.5, 0.6) is 0 Å². The lowest BCUT2D eigenvalue weighted by Crippen LogP contribution is -2.43. The van der Waals surface area contributed by atoms with E-state index >= 15 is 0 Å². The van der Waals surface area contributed by atoms with Crippen molar-refractivity contribution in [1.29, 1.82) is 0 Å². The molecule has 1 fully saturated rings. The van der Waals surface area contributed by atoms with Crippen LogP contribution in [0.15, 0.2) is 103 Å². The molecule has 1 heterocycles. The number of carbonyl (C=O) groups is 1. The van der Waals surface area contributed by atoms with Crippen LogP contribution in [0.2, 0.25) is 0 Å². The third-order valence-electron chi connectivity index (χ3n) is 7.16. The van der Waals surface area contributed by atoms with Gasteiger partial charge in [-0.1, -0.05) is 103 Å². The summed E-state index contributed by atoms with van der Waals surface area (Å²) in [7, 11) is 1.37. The molecule has 0 amide bonds. The third-order valence-corrected chi connectivity index (χ3v) is 7.16. The van der Waals surface area contributed by atoms with Crippen LogP contribution < -0.4 is 0 Å². The minimum Gasteiger partial charge on any atom is -0.469 e. The maximum Gasteiger partial charge on any atom is 0.306 e. The molecule has 4 rings (SSSR count). The fraction of sp³-hybridized carbons (Fsp3) is 0.364. The number of allylic oxidation sites excluding steroid dienone is 1. The van der Waals surface area contributed by atoms with Gasteiger partial charge in [-0.15, -0.1) is 0 Å². The number of hydrogen-bond acceptors (Lipinski definition) is 7. The Labute approximate surface area is 236 Å². The summed E-state index contributed by atoms with van der Waals surface area (Å²) in [6.07, 6.45) is 2.82. The average Bonchev–Trinajstić information content (AvgIpc) is 3.26. The highest BCUT2D eigenvalue weighted by Crippen LogP contribution is 2.36. The highest BCUT2D eigenvalue weighted by atomic mass is 16.6. The summed E-state index contributed by atoms with van der Waals surface area (Å²) < 4.78 is 24.2. The van der Waals surface area contributed by atoms with Crippen molar-refractivity contribution in [3.05, 3.63) is 120 Å². The van der Waals surface area contributed by atoms with E-state index in [0.29, 0.717) is 19.8 Å². The molecule has 0 spiro atoms. The zero-order chi connectivity index (χ0) is 28.2. The van der Waals surface area contributed by atoms with Crippen LogP contribution in [0, 0.1) is 5.92 Å². The Balaban J connectivity index is 1.62. The molecule has 7 heteroatoms. The summed E-state index contributed by atoms with van der Waals surface area (Å²) in [6.45, 7) is 3.19. The predicted molar refractivity (Wildman–Crippen MR) is 152 cm³/mol. The van der Waals surface area contributed by atoms with E-state index in [9.17, 15) is 10.0 Å². The van der Waals surface area contributed by atoms with Crippen LogP contribution in [0.25, 0.3) is 0 Å². The van der Waals surface area contributed by atoms with Crippen molar-refractivity contribution in [2.24, 2.45) is 5.92 Å². The number of rotatable bonds is 14. The third kappa shape index (κ3) is 8.10. The number of benzene rings is 3. The monoisotopic (exact) mass is 545 g/mol. The van der Waals surface area contributed by atoms with E-state index in [-0.39, 0.29) is 24.9 Å². The van der Waals surface area contributed by atoms with Crippen LogP contribution in [0.3, 0.4) is 0 Å². The van der Waals surface area contributed by atoms with Crippen LogP contribution in [0.1, 0.15) is 30.0 Å². The second-order valence-electron chi connectivity index (χ2n) is 9.93. The molecule has 0 saturated carbocycles. The van der Waals surface area contributed by atoms with Gasteiger partial charge in [-0.25, -0.2) is 0 Å². The van der Waals surface area contributed by atoms with Gasteiger partial charge in [0.1, 0.15) is 12.2 Å². The Morgan fingerprint density at radius 3 is 1.82 bits per heavy atom. The van der Waals surface area contributed by atoms with E-state index in [1.54, 1.807) is 0 Å². The molecule has 0 aromatic heterocycles. The van der Waals surface area contributed by atoms with Crippen molar-refractivity contribution in [1.82, 2.24) is 5.06 Å². The number of ether oxygens (including phenoxy) is 4. The first-order valence-electron chi connectivity index (χ1n) is 13.7. The Bertz CT molecular complexity index is 1170. The molecule has 1 N–H and O–H groups in total. The summed E-state index contributed by atoms with van der Waals surface area (Å²) in [5.74, 6) is -0.728. The molecule has 1 aliphatic rings. The lowest BCUT2D eigenvalue weighted by atomic mass is 9.91. The SMILES string of the molecule is C/C=C/[C@H](CC(=O)OC)[C@@H]1[C@@H](OCc2ccccc2)[C@H](OCc2ccccc2)[C@H](COCc2ccccc2)N1O. The van der Waals surface area contributed by atoms with E-state index in [1.165, 1.54) is 12.2 Å². The summed E-state index contributed by atoms with van der Waals surface area (Å²) in [5.41, 5.74) is 3.06. The van der Waals surface area contributed by atoms with Crippen molar-refractivity contribution < 1.29 is 28.9 Å². The first-order valence-corrected chi connectivity index (χ1v) is 13.7. The van der Waals surface area contributed by atoms with Gasteiger partial charge in [-0.3, -0.25) is 4.79 Å². The summed E-state index contributed by atoms with van der Waals surface area (Å²) in [6, 6.07) is 28.6. The van der Waals surface area contributed by atoms with Crippen LogP contribution in [0.4, 0.5) is 0 Å². The second-order valence-corrected chi connectivity index (χ2v) is 9.93. The molecule has 3 aromatic carbocycles. The molecule has 1 saturated heterocycles. The Morgan fingerprint density at radius 1 is 0.825 bits per heavy atom. The Hall–Kier alpha value is -3.33. The van der Waals surface area contributed by atoms with Gasteiger partial charge in [0, 0.05) is 5.92 Å². The normalized spacial score (nSPS) is 22.0. The number of esters is 1. The van der Waals surface area contributed by atoms with Gasteiger partial charge in [0.15, 0.2) is 0 Å². The minimum absolute atomic E-state index is 0.0940. The molecule has 40 heavy (non-hydrogen) atoms. The van der Waals surface area contributed by atoms with E-state index < -0.39 is 24.3 Å². The lowest BCUT2D eigenvalue weighted by molar-refractivity contribution is -0.175. The van der Waals surface area contributed by atoms with Crippen molar-refractivity contribution in [2.75, 3.05) is 13.7 Å². The van der Waals surface area contributed by atoms with Gasteiger partial charge in [0.2, 0.25) is 0 Å². The number of methoxy groups -OCH3 is 1. The molecule has 0 aliphatic carbocycles. The van der Waals surface area contributed by atoms with Crippen LogP contribution in [-0.2, 0) is 43.6 Å². The number of carbonyl (C=O) groups excluding carboxylic acids is 1. The molecule has 3 aromatic rings. The maximum atomic E-state index is 12.4. The van der Waals surface area contributed by atoms with Crippen molar-refractivity contribution >= 4 is 5.97 Å². The lowest BCUT2D eigenvalue weighted by Gasteiger charge is -2.30. The minimum atomic E-state index is -0.565. The quantitative estimate of drug-likeness (QED) is 0.210. The number of hydrogen-bond donors (Lipinski definition) is 1. The zero-order valence-corrected chi connectivity index (χ0v) is 23.2. The summed E-state index contributed by atoms with van der Waals surface area (Å²) >= 11 is 0. The van der Waals surface area contributed by atoms with Gasteiger partial charge in [0.05, 0.1) is 52.0 Å². The molecule has 0 radical (unpaired) electrons. The van der Waals surface area contributed by atoms with Crippen molar-refractivity contribution in [3.8, 4) is 0 Å². The fourth-order valence-corrected chi connectivity index (χ4v) is 5.18. The number of nitrogens with zero attached hydrogens (tertiary/aromatic N) is 1. The Morgan fingerprint density at radius 2 is 1.32 bits per heavy atom. The first-order chi connectivity index (χ1) is 19.6. The largest absolute Gasteiger partial charge is 0.469 e. The molecular formula is C33H39NO6. The highest BCUT2D eigenvalue weighted by molar-refractivity contribution is 5.69. The van der Waals surface area contributed by atoms with E-state index in [0.717, 1.165) is 16.7 Å². The van der Waals surface area contributed by atoms with E-state index in [4.69, 9.17) is 18.9 Å². The predicted octanol–water partition coefficient (Wildman–Crippen LogP) is 5.57. The summed E-state index contributed by atoms with van der Waals surface area (Å²) in [5, 5.41) is 13.0. The van der Waals surface area contributed by atoms with Gasteiger partial charge >= 0.3 is 5.97 Å². The van der Waals surface area contributed by atoms with Crippen molar-refractivity contribution in [3.63, 3.8) is 0 Å². The topological polar surface area (TPSA) is 77.5 Å². The van der Waals surface area contributed by atoms with Crippen LogP contribution in [-0.4, -0.2) is 54.2 Å². The second kappa shape index (κ2) is 15.5. The molecule has 0 bridgehead atoms. The molecule has 0 unspecified atom stereocenters. The zero-order valence-electron chi connectivity index (χ0n) is 23.2. The van der Waals surface area contributed by atoms with Gasteiger partial charge < -0.3 is 24.2 Å². The molecule has 1 aliphatic heterocycles. The fourth-order valence-electron chi connectivity index (χ4n) is 5.18. The van der Waals surface area contributed by atoms with Crippen molar-refractivity contribution in [2.45, 2.75) is 57.5 Å². The van der Waals surface area contributed by atoms with Gasteiger partial charge in [0.25, 0.3) is 0 Å². The Kier molecular flexibility index (Phi) is 11.5. The highest BCUT2D eigenvalue weighted by Gasteiger charge is 2.53. The standard InChI is InChI=1S/C33H39NO6/c1-3-13-28(20-30(35)37-2)31-33(40-23-27-18-11-6-12-19-27)32(39-22-26-16-9-5-10-17-26)29(34(31)36)24-38-21-25-14-7-4-8-15-25/h3-19,28-29,31-33,36H,20-24H2,1-2H3/b13-3+/t28-,29+,31-,32-,33-/m1/s1. The van der Waals surface area contributed by atoms with Crippen LogP contribution >= 0.6 is 0 Å². The van der Waals surface area contributed by atoms with E-state index in [1.807, 2.05) is 110 Å². The molecular weight excluding hydrogens is 506 g/mol. The molecule has 7 nitrogen and oxygen atoms in total. The van der Waals surface area contributed by atoms with E-state index in [2.05, 4.69) is 0 Å². The average molecular weight is 546 g/mol. The summed E-state index contributed by atoms with van der Waals surface area (Å²) in [4.78, 5) is 12.4.